The first kappa shape index (κ1) is 20.8. The van der Waals surface area contributed by atoms with Crippen LogP contribution in [0.1, 0.15) is 47.3 Å². The highest BCUT2D eigenvalue weighted by Crippen LogP contribution is 2.29. The van der Waals surface area contributed by atoms with Gasteiger partial charge in [0, 0.05) is 11.1 Å². The van der Waals surface area contributed by atoms with Gasteiger partial charge in [0.1, 0.15) is 5.75 Å². The number of nitrogens with one attached hydrogen (secondary N) is 1. The number of esters is 1. The van der Waals surface area contributed by atoms with E-state index in [1.165, 1.54) is 13.5 Å². The lowest BCUT2D eigenvalue weighted by atomic mass is 9.91. The second kappa shape index (κ2) is 9.60. The Morgan fingerprint density at radius 2 is 1.71 bits per heavy atom. The number of anilines is 1. The highest BCUT2D eigenvalue weighted by molar-refractivity contribution is 6.06. The number of hydrogen-bond acceptors (Lipinski definition) is 5. The molecule has 4 rings (SSSR count). The summed E-state index contributed by atoms with van der Waals surface area (Å²) in [5, 5.41) is 3.51. The molecule has 0 saturated carbocycles. The van der Waals surface area contributed by atoms with Crippen LogP contribution in [0.3, 0.4) is 0 Å². The Morgan fingerprint density at radius 1 is 0.968 bits per heavy atom. The van der Waals surface area contributed by atoms with Gasteiger partial charge in [0.15, 0.2) is 6.61 Å². The molecule has 1 N–H and O–H groups in total. The van der Waals surface area contributed by atoms with Crippen molar-refractivity contribution in [3.8, 4) is 5.75 Å². The zero-order valence-corrected chi connectivity index (χ0v) is 17.6. The molecule has 1 amide bonds. The molecule has 0 aliphatic heterocycles. The maximum atomic E-state index is 13.2. The number of pyridine rings is 1. The van der Waals surface area contributed by atoms with E-state index in [4.69, 9.17) is 14.5 Å². The molecule has 0 fully saturated rings. The third-order valence-corrected chi connectivity index (χ3v) is 5.59. The number of para-hydroxylation sites is 3. The van der Waals surface area contributed by atoms with Crippen LogP contribution in [0.15, 0.2) is 48.5 Å². The Morgan fingerprint density at radius 3 is 2.55 bits per heavy atom. The molecule has 0 unspecified atom stereocenters. The summed E-state index contributed by atoms with van der Waals surface area (Å²) in [5.74, 6) is -0.353. The van der Waals surface area contributed by atoms with Gasteiger partial charge in [-0.15, -0.1) is 0 Å². The molecule has 0 bridgehead atoms. The number of carbonyl (C=O) groups is 2. The number of hydrogen-bond donors (Lipinski definition) is 1. The van der Waals surface area contributed by atoms with Crippen molar-refractivity contribution in [2.24, 2.45) is 0 Å². The van der Waals surface area contributed by atoms with Gasteiger partial charge in [0.2, 0.25) is 0 Å². The molecule has 0 atom stereocenters. The van der Waals surface area contributed by atoms with Crippen molar-refractivity contribution in [1.29, 1.82) is 0 Å². The van der Waals surface area contributed by atoms with E-state index in [1.54, 1.807) is 18.2 Å². The zero-order valence-electron chi connectivity index (χ0n) is 17.6. The predicted molar refractivity (Wildman–Crippen MR) is 120 cm³/mol. The minimum Gasteiger partial charge on any atom is -0.495 e. The number of rotatable bonds is 5. The fourth-order valence-electron chi connectivity index (χ4n) is 4.10. The van der Waals surface area contributed by atoms with E-state index in [0.29, 0.717) is 17.0 Å². The van der Waals surface area contributed by atoms with Crippen LogP contribution in [0, 0.1) is 0 Å². The van der Waals surface area contributed by atoms with Crippen LogP contribution in [0.5, 0.6) is 5.75 Å². The standard InChI is InChI=1S/C25H26N2O4/c1-30-22-15-9-8-14-21(22)27-23(28)16-31-25(29)24-17-10-4-2-3-5-12-19(17)26-20-13-7-6-11-18(20)24/h6-9,11,13-15H,2-5,10,12,16H2,1H3,(H,27,28). The maximum absolute atomic E-state index is 13.2. The number of methoxy groups -OCH3 is 1. The molecule has 1 aromatic heterocycles. The molecule has 3 aromatic rings. The van der Waals surface area contributed by atoms with Gasteiger partial charge >= 0.3 is 5.97 Å². The molecule has 0 saturated heterocycles. The van der Waals surface area contributed by atoms with E-state index in [0.717, 1.165) is 54.3 Å². The predicted octanol–water partition coefficient (Wildman–Crippen LogP) is 4.70. The second-order valence-corrected chi connectivity index (χ2v) is 7.67. The van der Waals surface area contributed by atoms with Crippen molar-refractivity contribution in [2.45, 2.75) is 38.5 Å². The first-order valence-electron chi connectivity index (χ1n) is 10.7. The van der Waals surface area contributed by atoms with Crippen LogP contribution in [0.4, 0.5) is 5.69 Å². The molecule has 1 heterocycles. The van der Waals surface area contributed by atoms with Gasteiger partial charge in [0.05, 0.1) is 23.9 Å². The van der Waals surface area contributed by atoms with Gasteiger partial charge in [-0.05, 0) is 49.4 Å². The maximum Gasteiger partial charge on any atom is 0.339 e. The molecule has 6 heteroatoms. The van der Waals surface area contributed by atoms with Gasteiger partial charge in [-0.1, -0.05) is 43.2 Å². The van der Waals surface area contributed by atoms with Crippen LogP contribution in [0.25, 0.3) is 10.9 Å². The molecular formula is C25H26N2O4. The molecule has 6 nitrogen and oxygen atoms in total. The fraction of sp³-hybridized carbons (Fsp3) is 0.320. The zero-order chi connectivity index (χ0) is 21.6. The summed E-state index contributed by atoms with van der Waals surface area (Å²) in [4.78, 5) is 30.4. The van der Waals surface area contributed by atoms with Gasteiger partial charge in [-0.25, -0.2) is 4.79 Å². The molecule has 0 radical (unpaired) electrons. The molecule has 0 spiro atoms. The van der Waals surface area contributed by atoms with E-state index >= 15 is 0 Å². The minimum atomic E-state index is -0.481. The Labute approximate surface area is 181 Å². The first-order chi connectivity index (χ1) is 15.2. The Hall–Kier alpha value is -3.41. The molecular weight excluding hydrogens is 392 g/mol. The lowest BCUT2D eigenvalue weighted by Crippen LogP contribution is -2.22. The largest absolute Gasteiger partial charge is 0.495 e. The van der Waals surface area contributed by atoms with Crippen molar-refractivity contribution in [3.63, 3.8) is 0 Å². The number of amides is 1. The molecule has 160 valence electrons. The summed E-state index contributed by atoms with van der Waals surface area (Å²) in [6.45, 7) is -0.373. The average molecular weight is 418 g/mol. The van der Waals surface area contributed by atoms with Gasteiger partial charge in [0.25, 0.3) is 5.91 Å². The summed E-state index contributed by atoms with van der Waals surface area (Å²) in [7, 11) is 1.54. The summed E-state index contributed by atoms with van der Waals surface area (Å²) >= 11 is 0. The fourth-order valence-corrected chi connectivity index (χ4v) is 4.10. The van der Waals surface area contributed by atoms with Gasteiger partial charge in [-0.2, -0.15) is 0 Å². The molecule has 31 heavy (non-hydrogen) atoms. The molecule has 1 aliphatic carbocycles. The minimum absolute atomic E-state index is 0.373. The average Bonchev–Trinajstić information content (AvgIpc) is 2.77. The van der Waals surface area contributed by atoms with E-state index in [1.807, 2.05) is 30.3 Å². The van der Waals surface area contributed by atoms with Crippen LogP contribution in [-0.4, -0.2) is 30.6 Å². The van der Waals surface area contributed by atoms with E-state index in [9.17, 15) is 9.59 Å². The SMILES string of the molecule is COc1ccccc1NC(=O)COC(=O)c1c2c(nc3ccccc13)CCCCCC2. The molecule has 2 aromatic carbocycles. The lowest BCUT2D eigenvalue weighted by Gasteiger charge is -2.18. The second-order valence-electron chi connectivity index (χ2n) is 7.67. The number of aromatic nitrogens is 1. The summed E-state index contributed by atoms with van der Waals surface area (Å²) in [5.41, 5.74) is 3.81. The van der Waals surface area contributed by atoms with E-state index in [2.05, 4.69) is 5.32 Å². The Bertz CT molecular complexity index is 1110. The number of carbonyl (C=O) groups excluding carboxylic acids is 2. The van der Waals surface area contributed by atoms with Crippen molar-refractivity contribution < 1.29 is 19.1 Å². The third kappa shape index (κ3) is 4.68. The topological polar surface area (TPSA) is 77.5 Å². The van der Waals surface area contributed by atoms with Crippen molar-refractivity contribution >= 4 is 28.5 Å². The lowest BCUT2D eigenvalue weighted by molar-refractivity contribution is -0.119. The van der Waals surface area contributed by atoms with E-state index in [-0.39, 0.29) is 6.61 Å². The van der Waals surface area contributed by atoms with Crippen LogP contribution in [0.2, 0.25) is 0 Å². The number of benzene rings is 2. The quantitative estimate of drug-likeness (QED) is 0.608. The normalized spacial score (nSPS) is 13.6. The van der Waals surface area contributed by atoms with Crippen LogP contribution < -0.4 is 10.1 Å². The monoisotopic (exact) mass is 418 g/mol. The number of ether oxygens (including phenoxy) is 2. The van der Waals surface area contributed by atoms with Gasteiger partial charge in [-0.3, -0.25) is 9.78 Å². The summed E-state index contributed by atoms with van der Waals surface area (Å²) < 4.78 is 10.7. The number of nitrogens with zero attached hydrogens (tertiary/aromatic N) is 1. The Kier molecular flexibility index (Phi) is 6.46. The highest BCUT2D eigenvalue weighted by atomic mass is 16.5. The van der Waals surface area contributed by atoms with Crippen molar-refractivity contribution in [3.05, 3.63) is 65.4 Å². The number of aryl methyl sites for hydroxylation is 1. The number of fused-ring (bicyclic) bond motifs is 2. The summed E-state index contributed by atoms with van der Waals surface area (Å²) in [6.07, 6.45) is 6.05. The van der Waals surface area contributed by atoms with Crippen LogP contribution >= 0.6 is 0 Å². The smallest absolute Gasteiger partial charge is 0.339 e. The third-order valence-electron chi connectivity index (χ3n) is 5.59. The summed E-state index contributed by atoms with van der Waals surface area (Å²) in [6, 6.07) is 14.7. The Balaban J connectivity index is 1.57. The van der Waals surface area contributed by atoms with Crippen LogP contribution in [-0.2, 0) is 22.4 Å². The van der Waals surface area contributed by atoms with Crippen molar-refractivity contribution in [2.75, 3.05) is 19.0 Å². The van der Waals surface area contributed by atoms with Gasteiger partial charge < -0.3 is 14.8 Å². The first-order valence-corrected chi connectivity index (χ1v) is 10.7. The van der Waals surface area contributed by atoms with E-state index < -0.39 is 11.9 Å². The van der Waals surface area contributed by atoms with Crippen molar-refractivity contribution in [1.82, 2.24) is 4.98 Å². The highest BCUT2D eigenvalue weighted by Gasteiger charge is 2.23. The molecule has 1 aliphatic rings.